The number of hydrogen-bond donors (Lipinski definition) is 2. The molecule has 1 amide bonds. The summed E-state index contributed by atoms with van der Waals surface area (Å²) in [5, 5.41) is 16.7. The number of nitrogens with zero attached hydrogens (tertiary/aromatic N) is 3. The molecule has 0 spiro atoms. The third-order valence-corrected chi connectivity index (χ3v) is 6.12. The molecule has 10 heteroatoms. The van der Waals surface area contributed by atoms with Gasteiger partial charge in [0, 0.05) is 18.2 Å². The second-order valence-corrected chi connectivity index (χ2v) is 9.05. The molecule has 1 heterocycles. The number of nitrogens with one attached hydrogen (secondary N) is 1. The van der Waals surface area contributed by atoms with Crippen LogP contribution in [0.4, 0.5) is 5.69 Å². The monoisotopic (exact) mass is 395 g/mol. The van der Waals surface area contributed by atoms with E-state index in [1.54, 1.807) is 6.92 Å². The molecule has 26 heavy (non-hydrogen) atoms. The lowest BCUT2D eigenvalue weighted by Gasteiger charge is -2.13. The molecular weight excluding hydrogens is 374 g/mol. The number of benzene rings is 1. The van der Waals surface area contributed by atoms with Crippen molar-refractivity contribution in [2.24, 2.45) is 5.14 Å². The van der Waals surface area contributed by atoms with E-state index in [4.69, 9.17) is 5.14 Å². The van der Waals surface area contributed by atoms with Crippen LogP contribution in [0.1, 0.15) is 38.4 Å². The van der Waals surface area contributed by atoms with Crippen molar-refractivity contribution < 1.29 is 13.2 Å². The summed E-state index contributed by atoms with van der Waals surface area (Å²) < 4.78 is 24.6. The zero-order chi connectivity index (χ0) is 18.9. The average molecular weight is 396 g/mol. The second-order valence-electron chi connectivity index (χ2n) is 6.18. The van der Waals surface area contributed by atoms with Gasteiger partial charge in [0.1, 0.15) is 5.82 Å². The molecule has 1 atom stereocenters. The molecule has 2 aromatic rings. The van der Waals surface area contributed by atoms with Crippen LogP contribution in [0.25, 0.3) is 0 Å². The van der Waals surface area contributed by atoms with Crippen LogP contribution in [0.5, 0.6) is 0 Å². The van der Waals surface area contributed by atoms with Crippen molar-refractivity contribution in [3.63, 3.8) is 0 Å². The maximum Gasteiger partial charge on any atom is 0.238 e. The predicted molar refractivity (Wildman–Crippen MR) is 99.4 cm³/mol. The van der Waals surface area contributed by atoms with Crippen LogP contribution >= 0.6 is 11.8 Å². The Morgan fingerprint density at radius 3 is 2.54 bits per heavy atom. The SMILES string of the molecule is CCn1c(S[C@@H](C)C(=O)Nc2ccc(S(N)(=O)=O)cc2)nnc1C1CC1. The van der Waals surface area contributed by atoms with Gasteiger partial charge in [0.25, 0.3) is 0 Å². The van der Waals surface area contributed by atoms with Gasteiger partial charge in [-0.15, -0.1) is 10.2 Å². The zero-order valence-electron chi connectivity index (χ0n) is 14.5. The van der Waals surface area contributed by atoms with E-state index >= 15 is 0 Å². The van der Waals surface area contributed by atoms with Gasteiger partial charge < -0.3 is 9.88 Å². The molecule has 3 rings (SSSR count). The number of nitrogens with two attached hydrogens (primary N) is 1. The summed E-state index contributed by atoms with van der Waals surface area (Å²) >= 11 is 1.36. The number of carbonyl (C=O) groups excluding carboxylic acids is 1. The van der Waals surface area contributed by atoms with Crippen molar-refractivity contribution in [2.45, 2.75) is 54.5 Å². The lowest BCUT2D eigenvalue weighted by molar-refractivity contribution is -0.115. The molecule has 1 saturated carbocycles. The minimum atomic E-state index is -3.75. The second kappa shape index (κ2) is 7.37. The fourth-order valence-corrected chi connectivity index (χ4v) is 3.95. The number of carbonyl (C=O) groups is 1. The number of sulfonamides is 1. The summed E-state index contributed by atoms with van der Waals surface area (Å²) in [7, 11) is -3.75. The van der Waals surface area contributed by atoms with E-state index in [0.717, 1.165) is 30.4 Å². The molecule has 1 aliphatic rings. The Morgan fingerprint density at radius 2 is 2.00 bits per heavy atom. The van der Waals surface area contributed by atoms with Crippen molar-refractivity contribution in [3.05, 3.63) is 30.1 Å². The maximum atomic E-state index is 12.4. The van der Waals surface area contributed by atoms with Crippen LogP contribution in [-0.4, -0.2) is 34.3 Å². The first kappa shape index (κ1) is 18.9. The Morgan fingerprint density at radius 1 is 1.35 bits per heavy atom. The van der Waals surface area contributed by atoms with Crippen LogP contribution in [0, 0.1) is 0 Å². The Hall–Kier alpha value is -1.91. The molecule has 1 aromatic heterocycles. The highest BCUT2D eigenvalue weighted by molar-refractivity contribution is 8.00. The fourth-order valence-electron chi connectivity index (χ4n) is 2.51. The quantitative estimate of drug-likeness (QED) is 0.691. The van der Waals surface area contributed by atoms with Gasteiger partial charge in [0.2, 0.25) is 15.9 Å². The molecule has 3 N–H and O–H groups in total. The highest BCUT2D eigenvalue weighted by atomic mass is 32.2. The number of hydrogen-bond acceptors (Lipinski definition) is 6. The average Bonchev–Trinajstić information content (AvgIpc) is 3.35. The number of thioether (sulfide) groups is 1. The van der Waals surface area contributed by atoms with Gasteiger partial charge in [-0.05, 0) is 51.0 Å². The van der Waals surface area contributed by atoms with Gasteiger partial charge in [-0.2, -0.15) is 0 Å². The summed E-state index contributed by atoms with van der Waals surface area (Å²) in [4.78, 5) is 12.4. The van der Waals surface area contributed by atoms with Gasteiger partial charge in [-0.1, -0.05) is 11.8 Å². The molecule has 140 valence electrons. The van der Waals surface area contributed by atoms with Crippen LogP contribution in [0.15, 0.2) is 34.3 Å². The molecule has 1 aliphatic carbocycles. The van der Waals surface area contributed by atoms with Gasteiger partial charge in [0.05, 0.1) is 10.1 Å². The normalized spacial score (nSPS) is 15.7. The highest BCUT2D eigenvalue weighted by Crippen LogP contribution is 2.40. The van der Waals surface area contributed by atoms with Crippen molar-refractivity contribution in [3.8, 4) is 0 Å². The summed E-state index contributed by atoms with van der Waals surface area (Å²) in [5.41, 5.74) is 0.505. The van der Waals surface area contributed by atoms with Crippen molar-refractivity contribution in [2.75, 3.05) is 5.32 Å². The topological polar surface area (TPSA) is 120 Å². The van der Waals surface area contributed by atoms with Gasteiger partial charge in [-0.25, -0.2) is 13.6 Å². The van der Waals surface area contributed by atoms with E-state index in [9.17, 15) is 13.2 Å². The minimum absolute atomic E-state index is 0.00146. The van der Waals surface area contributed by atoms with Crippen LogP contribution < -0.4 is 10.5 Å². The lowest BCUT2D eigenvalue weighted by Crippen LogP contribution is -2.23. The number of anilines is 1. The van der Waals surface area contributed by atoms with Gasteiger partial charge in [0.15, 0.2) is 5.16 Å². The molecule has 8 nitrogen and oxygen atoms in total. The third kappa shape index (κ3) is 4.25. The minimum Gasteiger partial charge on any atom is -0.325 e. The maximum absolute atomic E-state index is 12.4. The number of primary sulfonamides is 1. The Balaban J connectivity index is 1.65. The summed E-state index contributed by atoms with van der Waals surface area (Å²) in [6.07, 6.45) is 2.29. The fraction of sp³-hybridized carbons (Fsp3) is 0.438. The molecule has 0 bridgehead atoms. The van der Waals surface area contributed by atoms with Crippen LogP contribution in [0.2, 0.25) is 0 Å². The Labute approximate surface area is 156 Å². The van der Waals surface area contributed by atoms with E-state index in [-0.39, 0.29) is 16.1 Å². The first-order chi connectivity index (χ1) is 12.3. The van der Waals surface area contributed by atoms with Gasteiger partial charge in [-0.3, -0.25) is 4.79 Å². The number of aromatic nitrogens is 3. The number of rotatable bonds is 7. The largest absolute Gasteiger partial charge is 0.325 e. The van der Waals surface area contributed by atoms with E-state index in [2.05, 4.69) is 20.1 Å². The summed E-state index contributed by atoms with van der Waals surface area (Å²) in [6, 6.07) is 5.74. The smallest absolute Gasteiger partial charge is 0.238 e. The van der Waals surface area contributed by atoms with E-state index in [1.807, 2.05) is 6.92 Å². The molecule has 0 unspecified atom stereocenters. The molecular formula is C16H21N5O3S2. The first-order valence-electron chi connectivity index (χ1n) is 8.33. The molecule has 0 saturated heterocycles. The Kier molecular flexibility index (Phi) is 5.35. The molecule has 1 aromatic carbocycles. The van der Waals surface area contributed by atoms with Crippen LogP contribution in [-0.2, 0) is 21.4 Å². The standard InChI is InChI=1S/C16H21N5O3S2/c1-3-21-14(11-4-5-11)19-20-16(21)25-10(2)15(22)18-12-6-8-13(9-7-12)26(17,23)24/h6-11H,3-5H2,1-2H3,(H,18,22)(H2,17,23,24)/t10-/m0/s1. The van der Waals surface area contributed by atoms with E-state index in [1.165, 1.54) is 36.0 Å². The summed E-state index contributed by atoms with van der Waals surface area (Å²) in [5.74, 6) is 1.30. The summed E-state index contributed by atoms with van der Waals surface area (Å²) in [6.45, 7) is 4.60. The van der Waals surface area contributed by atoms with E-state index < -0.39 is 10.0 Å². The molecule has 1 fully saturated rings. The third-order valence-electron chi connectivity index (χ3n) is 4.11. The van der Waals surface area contributed by atoms with Crippen molar-refractivity contribution in [1.29, 1.82) is 0 Å². The Bertz CT molecular complexity index is 904. The van der Waals surface area contributed by atoms with E-state index in [0.29, 0.717) is 11.6 Å². The van der Waals surface area contributed by atoms with Crippen LogP contribution in [0.3, 0.4) is 0 Å². The first-order valence-corrected chi connectivity index (χ1v) is 10.8. The number of amides is 1. The molecule has 0 aliphatic heterocycles. The van der Waals surface area contributed by atoms with Crippen molar-refractivity contribution in [1.82, 2.24) is 14.8 Å². The highest BCUT2D eigenvalue weighted by Gasteiger charge is 2.30. The van der Waals surface area contributed by atoms with Crippen molar-refractivity contribution >= 4 is 33.4 Å². The predicted octanol–water partition coefficient (Wildman–Crippen LogP) is 1.94. The lowest BCUT2D eigenvalue weighted by atomic mass is 10.3. The van der Waals surface area contributed by atoms with Gasteiger partial charge >= 0.3 is 0 Å². The zero-order valence-corrected chi connectivity index (χ0v) is 16.2. The molecule has 0 radical (unpaired) electrons.